The Morgan fingerprint density at radius 2 is 1.50 bits per heavy atom. The Balaban J connectivity index is 1.62. The number of carbonyl (C=O) groups is 1. The summed E-state index contributed by atoms with van der Waals surface area (Å²) < 4.78 is 5.83. The standard InChI is InChI=1S/C19H31NO2/c1-13-8-20(9-14(2)22-13)16(21)19-7-15-5-17(3,11-19)10-18(4,6-15)12-19/h13-15H,5-12H2,1-4H3. The molecule has 1 heterocycles. The Morgan fingerprint density at radius 3 is 2.00 bits per heavy atom. The minimum Gasteiger partial charge on any atom is -0.372 e. The number of morpholine rings is 1. The van der Waals surface area contributed by atoms with Gasteiger partial charge in [0.2, 0.25) is 5.91 Å². The first-order valence-corrected chi connectivity index (χ1v) is 9.16. The van der Waals surface area contributed by atoms with Crippen molar-refractivity contribution in [2.75, 3.05) is 13.1 Å². The zero-order valence-corrected chi connectivity index (χ0v) is 14.7. The lowest BCUT2D eigenvalue weighted by molar-refractivity contribution is -0.186. The molecule has 5 aliphatic rings. The number of carbonyl (C=O) groups excluding carboxylic acids is 1. The van der Waals surface area contributed by atoms with Gasteiger partial charge in [0.25, 0.3) is 0 Å². The van der Waals surface area contributed by atoms with Gasteiger partial charge in [-0.15, -0.1) is 0 Å². The summed E-state index contributed by atoms with van der Waals surface area (Å²) in [6, 6.07) is 0. The summed E-state index contributed by atoms with van der Waals surface area (Å²) >= 11 is 0. The molecule has 4 bridgehead atoms. The van der Waals surface area contributed by atoms with Crippen molar-refractivity contribution in [1.29, 1.82) is 0 Å². The van der Waals surface area contributed by atoms with E-state index >= 15 is 0 Å². The third-order valence-electron chi connectivity index (χ3n) is 6.79. The van der Waals surface area contributed by atoms with Crippen molar-refractivity contribution in [2.24, 2.45) is 22.2 Å². The SMILES string of the molecule is CC1CN(C(=O)C23CC4CC(C)(CC(C)(C4)C2)C3)CC(C)O1. The lowest BCUT2D eigenvalue weighted by Crippen LogP contribution is -2.62. The smallest absolute Gasteiger partial charge is 0.229 e. The van der Waals surface area contributed by atoms with Gasteiger partial charge in [0.1, 0.15) is 0 Å². The highest BCUT2D eigenvalue weighted by Crippen LogP contribution is 2.69. The van der Waals surface area contributed by atoms with Gasteiger partial charge in [-0.25, -0.2) is 0 Å². The van der Waals surface area contributed by atoms with Crippen LogP contribution in [0.15, 0.2) is 0 Å². The number of amides is 1. The number of ether oxygens (including phenoxy) is 1. The molecule has 1 aliphatic heterocycles. The van der Waals surface area contributed by atoms with Crippen LogP contribution < -0.4 is 0 Å². The normalized spacial score (nSPS) is 53.8. The van der Waals surface area contributed by atoms with Crippen molar-refractivity contribution >= 4 is 5.91 Å². The van der Waals surface area contributed by atoms with Crippen LogP contribution in [0.4, 0.5) is 0 Å². The molecule has 4 unspecified atom stereocenters. The molecule has 124 valence electrons. The van der Waals surface area contributed by atoms with E-state index in [1.165, 1.54) is 19.3 Å². The van der Waals surface area contributed by atoms with Crippen LogP contribution in [-0.4, -0.2) is 36.1 Å². The second kappa shape index (κ2) is 4.49. The van der Waals surface area contributed by atoms with E-state index in [-0.39, 0.29) is 17.6 Å². The van der Waals surface area contributed by atoms with E-state index in [1.54, 1.807) is 0 Å². The highest BCUT2D eigenvalue weighted by Gasteiger charge is 2.63. The van der Waals surface area contributed by atoms with Gasteiger partial charge in [-0.3, -0.25) is 4.79 Å². The molecule has 0 aromatic carbocycles. The largest absolute Gasteiger partial charge is 0.372 e. The Hall–Kier alpha value is -0.570. The molecule has 3 nitrogen and oxygen atoms in total. The lowest BCUT2D eigenvalue weighted by Gasteiger charge is -2.65. The lowest BCUT2D eigenvalue weighted by atomic mass is 9.40. The van der Waals surface area contributed by atoms with Crippen LogP contribution in [0.5, 0.6) is 0 Å². The maximum atomic E-state index is 13.5. The average molecular weight is 305 g/mol. The zero-order chi connectivity index (χ0) is 15.8. The molecule has 4 saturated carbocycles. The zero-order valence-electron chi connectivity index (χ0n) is 14.7. The Morgan fingerprint density at radius 1 is 0.955 bits per heavy atom. The van der Waals surface area contributed by atoms with Gasteiger partial charge in [-0.05, 0) is 69.1 Å². The second-order valence-corrected chi connectivity index (χ2v) is 9.88. The molecule has 5 rings (SSSR count). The third-order valence-corrected chi connectivity index (χ3v) is 6.79. The minimum atomic E-state index is -0.0559. The maximum Gasteiger partial charge on any atom is 0.229 e. The van der Waals surface area contributed by atoms with Crippen LogP contribution in [0.1, 0.15) is 66.2 Å². The van der Waals surface area contributed by atoms with Crippen LogP contribution in [-0.2, 0) is 9.53 Å². The first-order valence-electron chi connectivity index (χ1n) is 9.16. The molecule has 0 spiro atoms. The van der Waals surface area contributed by atoms with E-state index in [1.807, 2.05) is 0 Å². The molecule has 1 saturated heterocycles. The maximum absolute atomic E-state index is 13.5. The predicted molar refractivity (Wildman–Crippen MR) is 86.4 cm³/mol. The predicted octanol–water partition coefficient (Wildman–Crippen LogP) is 3.62. The summed E-state index contributed by atoms with van der Waals surface area (Å²) in [5.41, 5.74) is 0.764. The van der Waals surface area contributed by atoms with E-state index in [0.717, 1.165) is 38.3 Å². The number of nitrogens with zero attached hydrogens (tertiary/aromatic N) is 1. The van der Waals surface area contributed by atoms with Crippen molar-refractivity contribution in [3.05, 3.63) is 0 Å². The van der Waals surface area contributed by atoms with E-state index in [9.17, 15) is 4.79 Å². The van der Waals surface area contributed by atoms with Crippen molar-refractivity contribution in [2.45, 2.75) is 78.4 Å². The van der Waals surface area contributed by atoms with Crippen LogP contribution in [0.2, 0.25) is 0 Å². The fraction of sp³-hybridized carbons (Fsp3) is 0.947. The topological polar surface area (TPSA) is 29.5 Å². The highest BCUT2D eigenvalue weighted by molar-refractivity contribution is 5.83. The van der Waals surface area contributed by atoms with Gasteiger partial charge in [-0.1, -0.05) is 13.8 Å². The van der Waals surface area contributed by atoms with E-state index < -0.39 is 0 Å². The van der Waals surface area contributed by atoms with Crippen molar-refractivity contribution in [3.63, 3.8) is 0 Å². The summed E-state index contributed by atoms with van der Waals surface area (Å²) in [5.74, 6) is 1.24. The molecule has 22 heavy (non-hydrogen) atoms. The van der Waals surface area contributed by atoms with E-state index in [0.29, 0.717) is 16.7 Å². The Kier molecular flexibility index (Phi) is 3.06. The van der Waals surface area contributed by atoms with E-state index in [2.05, 4.69) is 32.6 Å². The number of hydrogen-bond donors (Lipinski definition) is 0. The van der Waals surface area contributed by atoms with Gasteiger partial charge in [0.15, 0.2) is 0 Å². The molecule has 0 aromatic heterocycles. The fourth-order valence-corrected chi connectivity index (χ4v) is 7.37. The summed E-state index contributed by atoms with van der Waals surface area (Å²) in [5, 5.41) is 0. The molecule has 5 fully saturated rings. The molecule has 0 aromatic rings. The first-order chi connectivity index (χ1) is 10.2. The molecule has 4 aliphatic carbocycles. The number of hydrogen-bond acceptors (Lipinski definition) is 2. The van der Waals surface area contributed by atoms with Crippen molar-refractivity contribution in [1.82, 2.24) is 4.90 Å². The second-order valence-electron chi connectivity index (χ2n) is 9.88. The summed E-state index contributed by atoms with van der Waals surface area (Å²) in [6.07, 6.45) is 7.80. The van der Waals surface area contributed by atoms with Crippen LogP contribution in [0.25, 0.3) is 0 Å². The monoisotopic (exact) mass is 305 g/mol. The van der Waals surface area contributed by atoms with Gasteiger partial charge in [0, 0.05) is 13.1 Å². The molecule has 0 N–H and O–H groups in total. The van der Waals surface area contributed by atoms with Crippen molar-refractivity contribution in [3.8, 4) is 0 Å². The molecule has 3 heteroatoms. The van der Waals surface area contributed by atoms with Crippen LogP contribution >= 0.6 is 0 Å². The first kappa shape index (κ1) is 15.0. The average Bonchev–Trinajstić information content (AvgIpc) is 2.32. The Labute approximate surface area is 134 Å². The molecule has 1 amide bonds. The quantitative estimate of drug-likeness (QED) is 0.740. The van der Waals surface area contributed by atoms with Crippen molar-refractivity contribution < 1.29 is 9.53 Å². The molecular formula is C19H31NO2. The van der Waals surface area contributed by atoms with Crippen LogP contribution in [0, 0.1) is 22.2 Å². The molecule has 4 atom stereocenters. The molecule has 0 radical (unpaired) electrons. The van der Waals surface area contributed by atoms with Gasteiger partial charge >= 0.3 is 0 Å². The van der Waals surface area contributed by atoms with Gasteiger partial charge < -0.3 is 9.64 Å². The molecular weight excluding hydrogens is 274 g/mol. The van der Waals surface area contributed by atoms with Crippen LogP contribution in [0.3, 0.4) is 0 Å². The summed E-state index contributed by atoms with van der Waals surface area (Å²) in [7, 11) is 0. The third kappa shape index (κ3) is 2.23. The number of rotatable bonds is 1. The van der Waals surface area contributed by atoms with Gasteiger partial charge in [0.05, 0.1) is 17.6 Å². The summed E-state index contributed by atoms with van der Waals surface area (Å²) in [4.78, 5) is 15.6. The van der Waals surface area contributed by atoms with Gasteiger partial charge in [-0.2, -0.15) is 0 Å². The fourth-order valence-electron chi connectivity index (χ4n) is 7.37. The Bertz CT molecular complexity index is 474. The highest BCUT2D eigenvalue weighted by atomic mass is 16.5. The van der Waals surface area contributed by atoms with E-state index in [4.69, 9.17) is 4.74 Å². The minimum absolute atomic E-state index is 0.0559. The summed E-state index contributed by atoms with van der Waals surface area (Å²) in [6.45, 7) is 10.6.